The zero-order chi connectivity index (χ0) is 34.4. The average molecular weight is 710 g/mol. The lowest BCUT2D eigenvalue weighted by Gasteiger charge is -2.49. The van der Waals surface area contributed by atoms with Crippen LogP contribution in [0, 0.1) is 0 Å². The third-order valence-electron chi connectivity index (χ3n) is 6.11. The molecular formula is C27H24ClN5O12S2. The number of carboxylic acids is 1. The molecule has 4 rings (SSSR count). The van der Waals surface area contributed by atoms with Crippen LogP contribution in [0.25, 0.3) is 0 Å². The molecule has 0 unspecified atom stereocenters. The first-order valence-corrected chi connectivity index (χ1v) is 15.6. The van der Waals surface area contributed by atoms with Gasteiger partial charge in [-0.3, -0.25) is 28.9 Å². The highest BCUT2D eigenvalue weighted by Crippen LogP contribution is 2.40. The van der Waals surface area contributed by atoms with Crippen LogP contribution in [-0.2, 0) is 38.3 Å². The fourth-order valence-corrected chi connectivity index (χ4v) is 6.34. The van der Waals surface area contributed by atoms with Crippen molar-refractivity contribution in [2.75, 3.05) is 30.7 Å². The van der Waals surface area contributed by atoms with Gasteiger partial charge in [-0.15, -0.1) is 34.7 Å². The number of aromatic nitrogens is 1. The van der Waals surface area contributed by atoms with Gasteiger partial charge in [0.2, 0.25) is 5.91 Å². The second-order valence-electron chi connectivity index (χ2n) is 9.39. The van der Waals surface area contributed by atoms with Crippen LogP contribution in [0.15, 0.2) is 40.0 Å². The second-order valence-corrected chi connectivity index (χ2v) is 11.6. The number of fused-ring (bicyclic) bond motifs is 1. The lowest BCUT2D eigenvalue weighted by atomic mass is 10.0. The molecule has 2 aromatic rings. The van der Waals surface area contributed by atoms with Crippen LogP contribution < -0.4 is 20.1 Å². The van der Waals surface area contributed by atoms with Gasteiger partial charge < -0.3 is 34.8 Å². The number of nitrogens with zero attached hydrogens (tertiary/aromatic N) is 3. The van der Waals surface area contributed by atoms with E-state index in [1.165, 1.54) is 24.6 Å². The number of nitrogens with one attached hydrogen (secondary N) is 2. The molecule has 0 bridgehead atoms. The highest BCUT2D eigenvalue weighted by atomic mass is 35.5. The van der Waals surface area contributed by atoms with Gasteiger partial charge in [0.15, 0.2) is 22.3 Å². The SMILES string of the molecule is CO/N=C(\C(=O)N[C@@H]1C(=O)N2C(C(=O)O)=C(COC(=O)c3ccc(OC(C)=O)c(OC(C)=O)c3)CS[C@H]12)c1csc(NC(=O)CCl)n1. The van der Waals surface area contributed by atoms with E-state index in [0.29, 0.717) is 0 Å². The maximum absolute atomic E-state index is 13.1. The summed E-state index contributed by atoms with van der Waals surface area (Å²) in [7, 11) is 1.19. The first-order chi connectivity index (χ1) is 22.3. The van der Waals surface area contributed by atoms with Crippen molar-refractivity contribution in [3.63, 3.8) is 0 Å². The van der Waals surface area contributed by atoms with E-state index < -0.39 is 65.3 Å². The van der Waals surface area contributed by atoms with E-state index in [-0.39, 0.29) is 50.8 Å². The molecule has 3 N–H and O–H groups in total. The van der Waals surface area contributed by atoms with Crippen LogP contribution in [0.1, 0.15) is 29.9 Å². The van der Waals surface area contributed by atoms with Gasteiger partial charge in [0, 0.05) is 30.6 Å². The number of anilines is 1. The summed E-state index contributed by atoms with van der Waals surface area (Å²) in [5.41, 5.74) is -0.664. The fraction of sp³-hybridized carbons (Fsp3) is 0.296. The highest BCUT2D eigenvalue weighted by Gasteiger charge is 2.54. The Morgan fingerprint density at radius 2 is 1.83 bits per heavy atom. The van der Waals surface area contributed by atoms with Crippen molar-refractivity contribution in [1.82, 2.24) is 15.2 Å². The minimum absolute atomic E-state index is 0.0224. The monoisotopic (exact) mass is 709 g/mol. The van der Waals surface area contributed by atoms with Gasteiger partial charge in [-0.25, -0.2) is 14.6 Å². The largest absolute Gasteiger partial charge is 0.477 e. The summed E-state index contributed by atoms with van der Waals surface area (Å²) in [5.74, 6) is -6.53. The molecule has 2 aliphatic rings. The number of thioether (sulfide) groups is 1. The Bertz CT molecular complexity index is 1720. The topological polar surface area (TPSA) is 229 Å². The molecule has 248 valence electrons. The van der Waals surface area contributed by atoms with E-state index >= 15 is 0 Å². The minimum Gasteiger partial charge on any atom is -0.477 e. The average Bonchev–Trinajstić information content (AvgIpc) is 3.48. The first-order valence-electron chi connectivity index (χ1n) is 13.2. The van der Waals surface area contributed by atoms with Crippen molar-refractivity contribution in [3.05, 3.63) is 46.1 Å². The van der Waals surface area contributed by atoms with Gasteiger partial charge in [-0.2, -0.15) is 0 Å². The van der Waals surface area contributed by atoms with E-state index in [9.17, 15) is 38.7 Å². The lowest BCUT2D eigenvalue weighted by Crippen LogP contribution is -2.71. The van der Waals surface area contributed by atoms with Crippen LogP contribution >= 0.6 is 34.7 Å². The standard InChI is InChI=1S/C27H24ClN5O12S2/c1-11(34)44-16-5-4-13(6-17(16)45-12(2)35)26(41)43-8-14-9-46-24-20(23(38)33(24)21(14)25(39)40)31-22(37)19(32-42-3)15-10-47-27(29-15)30-18(36)7-28/h4-6,10,20,24H,7-9H2,1-3H3,(H,31,37)(H,39,40)(H,29,30,36)/b32-19-/t20-,24-/m1/s1. The van der Waals surface area contributed by atoms with Gasteiger partial charge >= 0.3 is 23.9 Å². The third-order valence-corrected chi connectivity index (χ3v) is 8.45. The number of amides is 3. The van der Waals surface area contributed by atoms with Gasteiger partial charge in [0.1, 0.15) is 42.4 Å². The lowest BCUT2D eigenvalue weighted by molar-refractivity contribution is -0.150. The number of alkyl halides is 1. The Kier molecular flexibility index (Phi) is 11.2. The fourth-order valence-electron chi connectivity index (χ4n) is 4.24. The van der Waals surface area contributed by atoms with Crippen molar-refractivity contribution in [1.29, 1.82) is 0 Å². The number of carbonyl (C=O) groups is 7. The predicted molar refractivity (Wildman–Crippen MR) is 164 cm³/mol. The Balaban J connectivity index is 1.46. The Morgan fingerprint density at radius 3 is 2.47 bits per heavy atom. The summed E-state index contributed by atoms with van der Waals surface area (Å²) in [6.45, 7) is 1.74. The first kappa shape index (κ1) is 34.9. The zero-order valence-electron chi connectivity index (χ0n) is 24.6. The number of hydrogen-bond acceptors (Lipinski definition) is 15. The van der Waals surface area contributed by atoms with Crippen molar-refractivity contribution < 1.29 is 57.7 Å². The highest BCUT2D eigenvalue weighted by molar-refractivity contribution is 8.00. The third kappa shape index (κ3) is 8.05. The van der Waals surface area contributed by atoms with Crippen LogP contribution in [-0.4, -0.2) is 99.1 Å². The molecule has 3 heterocycles. The molecule has 2 atom stereocenters. The number of benzene rings is 1. The molecule has 0 spiro atoms. The zero-order valence-corrected chi connectivity index (χ0v) is 26.9. The maximum atomic E-state index is 13.1. The number of thiazole rings is 1. The molecule has 0 radical (unpaired) electrons. The van der Waals surface area contributed by atoms with Crippen LogP contribution in [0.5, 0.6) is 11.5 Å². The number of halogens is 1. The Labute approximate surface area is 278 Å². The van der Waals surface area contributed by atoms with Crippen LogP contribution in [0.2, 0.25) is 0 Å². The van der Waals surface area contributed by atoms with Crippen LogP contribution in [0.3, 0.4) is 0 Å². The van der Waals surface area contributed by atoms with E-state index in [1.807, 2.05) is 0 Å². The summed E-state index contributed by atoms with van der Waals surface area (Å²) in [6, 6.07) is 2.46. The number of carbonyl (C=O) groups excluding carboxylic acids is 6. The normalized spacial score (nSPS) is 17.1. The van der Waals surface area contributed by atoms with Crippen molar-refractivity contribution in [2.24, 2.45) is 5.16 Å². The number of hydrogen-bond donors (Lipinski definition) is 3. The van der Waals surface area contributed by atoms with Gasteiger partial charge in [-0.05, 0) is 18.2 Å². The molecule has 0 aliphatic carbocycles. The number of rotatable bonds is 12. The Hall–Kier alpha value is -5.01. The van der Waals surface area contributed by atoms with Gasteiger partial charge in [0.05, 0.1) is 5.56 Å². The quantitative estimate of drug-likeness (QED) is 0.0701. The second kappa shape index (κ2) is 15.1. The molecule has 1 saturated heterocycles. The number of aliphatic carboxylic acids is 1. The van der Waals surface area contributed by atoms with E-state index in [2.05, 4.69) is 20.8 Å². The van der Waals surface area contributed by atoms with E-state index in [0.717, 1.165) is 47.9 Å². The Morgan fingerprint density at radius 1 is 1.13 bits per heavy atom. The number of oxime groups is 1. The van der Waals surface area contributed by atoms with Gasteiger partial charge in [0.25, 0.3) is 11.8 Å². The molecule has 20 heteroatoms. The number of esters is 3. The summed E-state index contributed by atoms with van der Waals surface area (Å²) in [6.07, 6.45) is 0. The van der Waals surface area contributed by atoms with Crippen molar-refractivity contribution in [2.45, 2.75) is 25.3 Å². The molecule has 1 aromatic carbocycles. The number of carboxylic acid groups (broad SMARTS) is 1. The predicted octanol–water partition coefficient (Wildman–Crippen LogP) is 1.12. The molecular weight excluding hydrogens is 686 g/mol. The molecule has 3 amide bonds. The smallest absolute Gasteiger partial charge is 0.352 e. The number of β-lactam (4-membered cyclic amide) rings is 1. The molecule has 47 heavy (non-hydrogen) atoms. The van der Waals surface area contributed by atoms with Crippen LogP contribution in [0.4, 0.5) is 5.13 Å². The van der Waals surface area contributed by atoms with Crippen molar-refractivity contribution in [3.8, 4) is 11.5 Å². The van der Waals surface area contributed by atoms with Gasteiger partial charge in [-0.1, -0.05) is 5.16 Å². The molecule has 1 aromatic heterocycles. The summed E-state index contributed by atoms with van der Waals surface area (Å²) < 4.78 is 15.3. The van der Waals surface area contributed by atoms with Crippen molar-refractivity contribution >= 4 is 87.1 Å². The number of ether oxygens (including phenoxy) is 3. The minimum atomic E-state index is -1.46. The summed E-state index contributed by atoms with van der Waals surface area (Å²) in [4.78, 5) is 95.5. The summed E-state index contributed by atoms with van der Waals surface area (Å²) >= 11 is 7.60. The molecule has 17 nitrogen and oxygen atoms in total. The van der Waals surface area contributed by atoms with E-state index in [4.69, 9.17) is 30.6 Å². The molecule has 1 fully saturated rings. The maximum Gasteiger partial charge on any atom is 0.352 e. The molecule has 0 saturated carbocycles. The molecule has 2 aliphatic heterocycles. The summed E-state index contributed by atoms with van der Waals surface area (Å²) in [5, 5.41) is 19.4. The van der Waals surface area contributed by atoms with E-state index in [1.54, 1.807) is 0 Å².